The molecule has 0 spiro atoms. The highest BCUT2D eigenvalue weighted by Crippen LogP contribution is 2.23. The average Bonchev–Trinajstić information content (AvgIpc) is 2.37. The lowest BCUT2D eigenvalue weighted by molar-refractivity contribution is -0.155. The molecule has 3 heteroatoms. The van der Waals surface area contributed by atoms with Gasteiger partial charge in [0.1, 0.15) is 0 Å². The van der Waals surface area contributed by atoms with E-state index in [-0.39, 0.29) is 12.3 Å². The summed E-state index contributed by atoms with van der Waals surface area (Å²) in [6, 6.07) is 8.44. The highest BCUT2D eigenvalue weighted by atomic mass is 16.7. The van der Waals surface area contributed by atoms with Crippen LogP contribution in [0.3, 0.4) is 0 Å². The molecule has 0 aliphatic carbocycles. The minimum absolute atomic E-state index is 0.0797. The first-order chi connectivity index (χ1) is 8.74. The molecule has 1 aromatic rings. The number of rotatable bonds is 8. The van der Waals surface area contributed by atoms with Crippen LogP contribution in [0.5, 0.6) is 0 Å². The molecule has 0 amide bonds. The summed E-state index contributed by atoms with van der Waals surface area (Å²) < 4.78 is 11.4. The van der Waals surface area contributed by atoms with E-state index in [9.17, 15) is 0 Å². The summed E-state index contributed by atoms with van der Waals surface area (Å²) in [5, 5.41) is 3.46. The SMILES string of the molecule is CCNC(c1ccccc1C)C(OCC)OCC. The first-order valence-electron chi connectivity index (χ1n) is 6.76. The molecule has 1 rings (SSSR count). The molecule has 1 unspecified atom stereocenters. The second-order valence-corrected chi connectivity index (χ2v) is 4.17. The van der Waals surface area contributed by atoms with E-state index < -0.39 is 0 Å². The van der Waals surface area contributed by atoms with Gasteiger partial charge in [-0.2, -0.15) is 0 Å². The average molecular weight is 251 g/mol. The zero-order valence-electron chi connectivity index (χ0n) is 11.9. The van der Waals surface area contributed by atoms with Crippen LogP contribution in [0.25, 0.3) is 0 Å². The Morgan fingerprint density at radius 3 is 2.17 bits per heavy atom. The Bertz CT molecular complexity index is 335. The zero-order chi connectivity index (χ0) is 13.4. The molecule has 0 bridgehead atoms. The van der Waals surface area contributed by atoms with Crippen molar-refractivity contribution >= 4 is 0 Å². The summed E-state index contributed by atoms with van der Waals surface area (Å²) in [5.74, 6) is 0. The molecule has 0 saturated carbocycles. The van der Waals surface area contributed by atoms with Crippen molar-refractivity contribution in [2.24, 2.45) is 0 Å². The van der Waals surface area contributed by atoms with E-state index in [4.69, 9.17) is 9.47 Å². The van der Waals surface area contributed by atoms with Gasteiger partial charge < -0.3 is 14.8 Å². The number of benzene rings is 1. The van der Waals surface area contributed by atoms with E-state index in [0.29, 0.717) is 13.2 Å². The van der Waals surface area contributed by atoms with E-state index in [1.807, 2.05) is 13.8 Å². The van der Waals surface area contributed by atoms with Crippen LogP contribution in [0.4, 0.5) is 0 Å². The van der Waals surface area contributed by atoms with Gasteiger partial charge in [0, 0.05) is 13.2 Å². The minimum Gasteiger partial charge on any atom is -0.351 e. The van der Waals surface area contributed by atoms with Gasteiger partial charge in [-0.1, -0.05) is 31.2 Å². The molecule has 0 aliphatic heterocycles. The van der Waals surface area contributed by atoms with E-state index in [2.05, 4.69) is 43.4 Å². The van der Waals surface area contributed by atoms with E-state index in [1.54, 1.807) is 0 Å². The topological polar surface area (TPSA) is 30.5 Å². The largest absolute Gasteiger partial charge is 0.351 e. The maximum absolute atomic E-state index is 5.72. The quantitative estimate of drug-likeness (QED) is 0.720. The maximum atomic E-state index is 5.72. The molecule has 1 N–H and O–H groups in total. The van der Waals surface area contributed by atoms with Crippen LogP contribution in [0.15, 0.2) is 24.3 Å². The van der Waals surface area contributed by atoms with Gasteiger partial charge in [-0.15, -0.1) is 0 Å². The standard InChI is InChI=1S/C15H25NO2/c1-5-16-14(15(17-6-2)18-7-3)13-11-9-8-10-12(13)4/h8-11,14-16H,5-7H2,1-4H3. The summed E-state index contributed by atoms with van der Waals surface area (Å²) in [5.41, 5.74) is 2.50. The number of likely N-dealkylation sites (N-methyl/N-ethyl adjacent to an activating group) is 1. The smallest absolute Gasteiger partial charge is 0.176 e. The third-order valence-corrected chi connectivity index (χ3v) is 2.88. The maximum Gasteiger partial charge on any atom is 0.176 e. The predicted octanol–water partition coefficient (Wildman–Crippen LogP) is 3.04. The van der Waals surface area contributed by atoms with Crippen LogP contribution in [-0.2, 0) is 9.47 Å². The van der Waals surface area contributed by atoms with Gasteiger partial charge in [0.05, 0.1) is 6.04 Å². The van der Waals surface area contributed by atoms with Crippen molar-refractivity contribution in [1.82, 2.24) is 5.32 Å². The van der Waals surface area contributed by atoms with E-state index in [1.165, 1.54) is 11.1 Å². The monoisotopic (exact) mass is 251 g/mol. The zero-order valence-corrected chi connectivity index (χ0v) is 11.9. The number of aryl methyl sites for hydroxylation is 1. The molecule has 102 valence electrons. The lowest BCUT2D eigenvalue weighted by Crippen LogP contribution is -2.36. The first kappa shape index (κ1) is 15.2. The number of ether oxygens (including phenoxy) is 2. The number of hydrogen-bond donors (Lipinski definition) is 1. The second kappa shape index (κ2) is 8.25. The molecular weight excluding hydrogens is 226 g/mol. The molecule has 0 aromatic heterocycles. The van der Waals surface area contributed by atoms with Crippen LogP contribution in [0, 0.1) is 6.92 Å². The van der Waals surface area contributed by atoms with Crippen LogP contribution in [0.1, 0.15) is 37.9 Å². The lowest BCUT2D eigenvalue weighted by Gasteiger charge is -2.28. The Kier molecular flexibility index (Phi) is 6.94. The van der Waals surface area contributed by atoms with Crippen molar-refractivity contribution in [2.75, 3.05) is 19.8 Å². The van der Waals surface area contributed by atoms with E-state index in [0.717, 1.165) is 6.54 Å². The molecule has 18 heavy (non-hydrogen) atoms. The van der Waals surface area contributed by atoms with E-state index >= 15 is 0 Å². The second-order valence-electron chi connectivity index (χ2n) is 4.17. The van der Waals surface area contributed by atoms with Crippen LogP contribution in [-0.4, -0.2) is 26.0 Å². The number of hydrogen-bond acceptors (Lipinski definition) is 3. The Labute approximate surface area is 110 Å². The fourth-order valence-electron chi connectivity index (χ4n) is 2.08. The van der Waals surface area contributed by atoms with Crippen molar-refractivity contribution < 1.29 is 9.47 Å². The van der Waals surface area contributed by atoms with Gasteiger partial charge in [0.15, 0.2) is 6.29 Å². The van der Waals surface area contributed by atoms with Crippen LogP contribution >= 0.6 is 0 Å². The molecule has 0 fully saturated rings. The third kappa shape index (κ3) is 4.09. The molecule has 1 atom stereocenters. The van der Waals surface area contributed by atoms with Crippen molar-refractivity contribution in [3.05, 3.63) is 35.4 Å². The van der Waals surface area contributed by atoms with Crippen molar-refractivity contribution in [2.45, 2.75) is 40.0 Å². The van der Waals surface area contributed by atoms with Gasteiger partial charge in [0.2, 0.25) is 0 Å². The molecule has 0 aliphatic rings. The Hall–Kier alpha value is -0.900. The van der Waals surface area contributed by atoms with Crippen LogP contribution < -0.4 is 5.32 Å². The predicted molar refractivity (Wildman–Crippen MR) is 74.6 cm³/mol. The molecule has 0 radical (unpaired) electrons. The van der Waals surface area contributed by atoms with Gasteiger partial charge >= 0.3 is 0 Å². The minimum atomic E-state index is -0.235. The molecular formula is C15H25NO2. The van der Waals surface area contributed by atoms with Crippen molar-refractivity contribution in [3.8, 4) is 0 Å². The Morgan fingerprint density at radius 1 is 1.06 bits per heavy atom. The summed E-state index contributed by atoms with van der Waals surface area (Å²) >= 11 is 0. The molecule has 0 saturated heterocycles. The third-order valence-electron chi connectivity index (χ3n) is 2.88. The van der Waals surface area contributed by atoms with Crippen molar-refractivity contribution in [3.63, 3.8) is 0 Å². The van der Waals surface area contributed by atoms with Crippen molar-refractivity contribution in [1.29, 1.82) is 0 Å². The van der Waals surface area contributed by atoms with Gasteiger partial charge in [-0.25, -0.2) is 0 Å². The Morgan fingerprint density at radius 2 is 1.67 bits per heavy atom. The highest BCUT2D eigenvalue weighted by Gasteiger charge is 2.24. The summed E-state index contributed by atoms with van der Waals surface area (Å²) in [6.07, 6.45) is -0.235. The van der Waals surface area contributed by atoms with Gasteiger partial charge in [-0.3, -0.25) is 0 Å². The first-order valence-corrected chi connectivity index (χ1v) is 6.76. The van der Waals surface area contributed by atoms with Crippen LogP contribution in [0.2, 0.25) is 0 Å². The number of nitrogens with one attached hydrogen (secondary N) is 1. The van der Waals surface area contributed by atoms with Gasteiger partial charge in [0.25, 0.3) is 0 Å². The summed E-state index contributed by atoms with van der Waals surface area (Å²) in [6.45, 7) is 10.4. The highest BCUT2D eigenvalue weighted by molar-refractivity contribution is 5.29. The molecule has 0 heterocycles. The summed E-state index contributed by atoms with van der Waals surface area (Å²) in [4.78, 5) is 0. The molecule has 3 nitrogen and oxygen atoms in total. The molecule has 1 aromatic carbocycles. The fraction of sp³-hybridized carbons (Fsp3) is 0.600. The summed E-state index contributed by atoms with van der Waals surface area (Å²) in [7, 11) is 0. The normalized spacial score (nSPS) is 12.9. The lowest BCUT2D eigenvalue weighted by atomic mass is 10.0. The Balaban J connectivity index is 2.95. The fourth-order valence-corrected chi connectivity index (χ4v) is 2.08. The van der Waals surface area contributed by atoms with Gasteiger partial charge in [-0.05, 0) is 38.4 Å².